The minimum Gasteiger partial charge on any atom is -0.508 e. The summed E-state index contributed by atoms with van der Waals surface area (Å²) in [7, 11) is 0. The number of nitrogens with one attached hydrogen (secondary N) is 1. The molecule has 0 aliphatic heterocycles. The lowest BCUT2D eigenvalue weighted by atomic mass is 10.1. The van der Waals surface area contributed by atoms with E-state index in [1.807, 2.05) is 66.7 Å². The highest BCUT2D eigenvalue weighted by Gasteiger charge is 2.21. The van der Waals surface area contributed by atoms with Gasteiger partial charge < -0.3 is 10.2 Å². The first-order valence-corrected chi connectivity index (χ1v) is 9.74. The number of phenolic OH excluding ortho intramolecular Hbond substituents is 2. The molecule has 4 aromatic carbocycles. The lowest BCUT2D eigenvalue weighted by Gasteiger charge is -2.14. The number of rotatable bonds is 4. The predicted molar refractivity (Wildman–Crippen MR) is 123 cm³/mol. The molecule has 4 nitrogen and oxygen atoms in total. The zero-order valence-corrected chi connectivity index (χ0v) is 16.7. The van der Waals surface area contributed by atoms with Gasteiger partial charge in [0.1, 0.15) is 28.6 Å². The molecule has 3 N–H and O–H groups in total. The Kier molecular flexibility index (Phi) is 5.48. The fraction of sp³-hybridized carbons (Fsp3) is 0.0385. The monoisotopic (exact) mass is 395 g/mol. The number of hydrogen-bond acceptors (Lipinski definition) is 2. The van der Waals surface area contributed by atoms with Crippen LogP contribution in [0.3, 0.4) is 0 Å². The molecule has 0 fully saturated rings. The van der Waals surface area contributed by atoms with E-state index in [0.717, 1.165) is 28.5 Å². The Morgan fingerprint density at radius 3 is 1.63 bits per heavy atom. The molecule has 0 saturated carbocycles. The Labute approximate surface area is 176 Å². The van der Waals surface area contributed by atoms with Gasteiger partial charge in [0.05, 0.1) is 5.56 Å². The van der Waals surface area contributed by atoms with Gasteiger partial charge in [0.25, 0.3) is 5.84 Å². The molecule has 30 heavy (non-hydrogen) atoms. The molecule has 4 heteroatoms. The number of benzene rings is 4. The van der Waals surface area contributed by atoms with E-state index < -0.39 is 0 Å². The normalized spacial score (nSPS) is 10.4. The van der Waals surface area contributed by atoms with E-state index >= 15 is 0 Å². The Morgan fingerprint density at radius 2 is 1.13 bits per heavy atom. The molecule has 4 aromatic rings. The highest BCUT2D eigenvalue weighted by atomic mass is 16.3. The summed E-state index contributed by atoms with van der Waals surface area (Å²) in [5.74, 6) is 1.27. The average molecular weight is 395 g/mol. The summed E-state index contributed by atoms with van der Waals surface area (Å²) in [4.78, 5) is 0. The van der Waals surface area contributed by atoms with E-state index in [-0.39, 0.29) is 11.5 Å². The number of aromatic hydroxyl groups is 2. The molecule has 0 saturated heterocycles. The molecule has 0 radical (unpaired) electrons. The second-order valence-electron chi connectivity index (χ2n) is 7.07. The third-order valence-corrected chi connectivity index (χ3v) is 4.80. The lowest BCUT2D eigenvalue weighted by Crippen LogP contribution is -2.26. The summed E-state index contributed by atoms with van der Waals surface area (Å²) in [5, 5.41) is 23.1. The van der Waals surface area contributed by atoms with Crippen LogP contribution in [0.25, 0.3) is 0 Å². The largest absolute Gasteiger partial charge is 0.508 e. The van der Waals surface area contributed by atoms with Crippen molar-refractivity contribution in [3.63, 3.8) is 0 Å². The predicted octanol–water partition coefficient (Wildman–Crippen LogP) is 5.80. The van der Waals surface area contributed by atoms with Crippen molar-refractivity contribution in [1.29, 1.82) is 0 Å². The van der Waals surface area contributed by atoms with Crippen molar-refractivity contribution in [3.8, 4) is 11.5 Å². The SMILES string of the molecule is Cc1ccc(NC(c2ccccc2)=[N+](c2ccc(O)cc2)c2ccc(O)cc2)cc1. The first kappa shape index (κ1) is 19.3. The highest BCUT2D eigenvalue weighted by molar-refractivity contribution is 6.11. The maximum atomic E-state index is 9.79. The van der Waals surface area contributed by atoms with Crippen LogP contribution in [0.1, 0.15) is 11.1 Å². The number of anilines is 1. The summed E-state index contributed by atoms with van der Waals surface area (Å²) < 4.78 is 2.06. The fourth-order valence-electron chi connectivity index (χ4n) is 3.24. The lowest BCUT2D eigenvalue weighted by molar-refractivity contribution is 0.475. The van der Waals surface area contributed by atoms with E-state index in [2.05, 4.69) is 28.9 Å². The number of nitrogens with zero attached hydrogens (tertiary/aromatic N) is 1. The summed E-state index contributed by atoms with van der Waals surface area (Å²) in [6.07, 6.45) is 0. The van der Waals surface area contributed by atoms with Gasteiger partial charge in [-0.2, -0.15) is 4.58 Å². The first-order valence-electron chi connectivity index (χ1n) is 9.74. The second-order valence-corrected chi connectivity index (χ2v) is 7.07. The fourth-order valence-corrected chi connectivity index (χ4v) is 3.24. The summed E-state index contributed by atoms with van der Waals surface area (Å²) >= 11 is 0. The van der Waals surface area contributed by atoms with E-state index in [1.54, 1.807) is 24.3 Å². The quantitative estimate of drug-likeness (QED) is 0.233. The van der Waals surface area contributed by atoms with Gasteiger partial charge in [-0.1, -0.05) is 35.9 Å². The molecule has 4 rings (SSSR count). The molecule has 0 aliphatic carbocycles. The van der Waals surface area contributed by atoms with Gasteiger partial charge in [-0.05, 0) is 79.7 Å². The Morgan fingerprint density at radius 1 is 0.633 bits per heavy atom. The average Bonchev–Trinajstić information content (AvgIpc) is 2.78. The molecule has 0 unspecified atom stereocenters. The molecule has 0 atom stereocenters. The molecule has 148 valence electrons. The van der Waals surface area contributed by atoms with Crippen molar-refractivity contribution in [3.05, 3.63) is 114 Å². The van der Waals surface area contributed by atoms with Crippen molar-refractivity contribution in [2.24, 2.45) is 0 Å². The van der Waals surface area contributed by atoms with E-state index in [4.69, 9.17) is 0 Å². The van der Waals surface area contributed by atoms with Crippen LogP contribution in [0.5, 0.6) is 11.5 Å². The van der Waals surface area contributed by atoms with Crippen LogP contribution in [0, 0.1) is 6.92 Å². The number of phenols is 2. The maximum absolute atomic E-state index is 9.79. The molecule has 0 amide bonds. The van der Waals surface area contributed by atoms with Gasteiger partial charge in [-0.25, -0.2) is 5.32 Å². The van der Waals surface area contributed by atoms with Gasteiger partial charge in [0.15, 0.2) is 0 Å². The molecule has 0 heterocycles. The molecule has 0 aromatic heterocycles. The number of hydrogen-bond donors (Lipinski definition) is 3. The Hall–Kier alpha value is -4.05. The van der Waals surface area contributed by atoms with Crippen molar-refractivity contribution in [1.82, 2.24) is 4.58 Å². The van der Waals surface area contributed by atoms with Crippen LogP contribution in [-0.4, -0.2) is 16.0 Å². The zero-order chi connectivity index (χ0) is 20.9. The van der Waals surface area contributed by atoms with Gasteiger partial charge >= 0.3 is 0 Å². The van der Waals surface area contributed by atoms with Crippen LogP contribution in [0.15, 0.2) is 103 Å². The number of amidine groups is 1. The van der Waals surface area contributed by atoms with Crippen molar-refractivity contribution in [2.45, 2.75) is 6.92 Å². The van der Waals surface area contributed by atoms with Gasteiger partial charge in [0, 0.05) is 0 Å². The first-order chi connectivity index (χ1) is 14.6. The van der Waals surface area contributed by atoms with Crippen LogP contribution in [0.4, 0.5) is 17.1 Å². The van der Waals surface area contributed by atoms with Gasteiger partial charge in [0.2, 0.25) is 0 Å². The van der Waals surface area contributed by atoms with Crippen LogP contribution in [-0.2, 0) is 0 Å². The third-order valence-electron chi connectivity index (χ3n) is 4.80. The summed E-state index contributed by atoms with van der Waals surface area (Å²) in [6.45, 7) is 2.06. The number of aryl methyl sites for hydroxylation is 1. The smallest absolute Gasteiger partial charge is 0.292 e. The van der Waals surface area contributed by atoms with Crippen LogP contribution >= 0.6 is 0 Å². The zero-order valence-electron chi connectivity index (χ0n) is 16.7. The van der Waals surface area contributed by atoms with Crippen LogP contribution < -0.4 is 9.89 Å². The summed E-state index contributed by atoms with van der Waals surface area (Å²) in [6, 6.07) is 32.4. The molecular weight excluding hydrogens is 372 g/mol. The topological polar surface area (TPSA) is 55.5 Å². The van der Waals surface area contributed by atoms with E-state index in [1.165, 1.54) is 5.56 Å². The van der Waals surface area contributed by atoms with Crippen molar-refractivity contribution < 1.29 is 10.2 Å². The van der Waals surface area contributed by atoms with Crippen molar-refractivity contribution in [2.75, 3.05) is 5.32 Å². The highest BCUT2D eigenvalue weighted by Crippen LogP contribution is 2.26. The van der Waals surface area contributed by atoms with E-state index in [0.29, 0.717) is 0 Å². The summed E-state index contributed by atoms with van der Waals surface area (Å²) in [5.41, 5.74) is 4.89. The molecular formula is C26H23N2O2+. The van der Waals surface area contributed by atoms with Gasteiger partial charge in [-0.15, -0.1) is 0 Å². The third kappa shape index (κ3) is 4.33. The Bertz CT molecular complexity index is 1100. The second kappa shape index (κ2) is 8.53. The molecule has 0 aliphatic rings. The maximum Gasteiger partial charge on any atom is 0.292 e. The Balaban J connectivity index is 1.97. The standard InChI is InChI=1S/C26H22N2O2/c1-19-7-9-21(10-8-19)27-26(20-5-3-2-4-6-20)28(22-11-15-24(29)16-12-22)23-13-17-25(30)18-14-23/h2-18,29-30H,1H3/p+1. The molecule has 0 bridgehead atoms. The van der Waals surface area contributed by atoms with Crippen LogP contribution in [0.2, 0.25) is 0 Å². The van der Waals surface area contributed by atoms with Gasteiger partial charge in [-0.3, -0.25) is 0 Å². The molecule has 0 spiro atoms. The van der Waals surface area contributed by atoms with Crippen molar-refractivity contribution >= 4 is 22.9 Å². The minimum atomic E-state index is 0.206. The van der Waals surface area contributed by atoms with E-state index in [9.17, 15) is 10.2 Å². The minimum absolute atomic E-state index is 0.206.